The van der Waals surface area contributed by atoms with E-state index in [1.807, 2.05) is 0 Å². The highest BCUT2D eigenvalue weighted by Gasteiger charge is 1.95. The van der Waals surface area contributed by atoms with Crippen molar-refractivity contribution in [3.63, 3.8) is 0 Å². The van der Waals surface area contributed by atoms with Crippen LogP contribution in [0.3, 0.4) is 0 Å². The van der Waals surface area contributed by atoms with Crippen LogP contribution in [0.5, 0.6) is 0 Å². The van der Waals surface area contributed by atoms with Gasteiger partial charge < -0.3 is 11.5 Å². The van der Waals surface area contributed by atoms with E-state index in [1.54, 1.807) is 18.3 Å². The SMILES string of the molecule is N=C(N)c1ccc(CN)nc1. The van der Waals surface area contributed by atoms with Crippen LogP contribution in [0.4, 0.5) is 0 Å². The van der Waals surface area contributed by atoms with Crippen LogP contribution in [0, 0.1) is 5.41 Å². The maximum absolute atomic E-state index is 7.07. The van der Waals surface area contributed by atoms with E-state index in [1.165, 1.54) is 0 Å². The molecule has 0 unspecified atom stereocenters. The first-order valence-corrected chi connectivity index (χ1v) is 3.23. The molecule has 1 aromatic rings. The lowest BCUT2D eigenvalue weighted by atomic mass is 10.2. The molecule has 0 aromatic carbocycles. The van der Waals surface area contributed by atoms with Crippen molar-refractivity contribution in [2.75, 3.05) is 0 Å². The Balaban J connectivity index is 2.91. The van der Waals surface area contributed by atoms with Gasteiger partial charge in [0.25, 0.3) is 0 Å². The van der Waals surface area contributed by atoms with Crippen LogP contribution in [0.2, 0.25) is 0 Å². The van der Waals surface area contributed by atoms with Crippen LogP contribution in [0.1, 0.15) is 11.3 Å². The lowest BCUT2D eigenvalue weighted by Gasteiger charge is -1.98. The molecule has 4 heteroatoms. The molecule has 0 amide bonds. The number of hydrogen-bond acceptors (Lipinski definition) is 3. The molecule has 11 heavy (non-hydrogen) atoms. The fraction of sp³-hybridized carbons (Fsp3) is 0.143. The first kappa shape index (κ1) is 7.68. The number of rotatable bonds is 2. The molecule has 0 bridgehead atoms. The average Bonchev–Trinajstić information content (AvgIpc) is 2.05. The minimum absolute atomic E-state index is 0.0288. The van der Waals surface area contributed by atoms with Gasteiger partial charge in [-0.05, 0) is 12.1 Å². The van der Waals surface area contributed by atoms with Crippen LogP contribution in [-0.4, -0.2) is 10.8 Å². The summed E-state index contributed by atoms with van der Waals surface area (Å²) < 4.78 is 0. The highest BCUT2D eigenvalue weighted by molar-refractivity contribution is 5.94. The summed E-state index contributed by atoms with van der Waals surface area (Å²) in [5.41, 5.74) is 12.0. The Labute approximate surface area is 64.7 Å². The Morgan fingerprint density at radius 3 is 2.64 bits per heavy atom. The van der Waals surface area contributed by atoms with Crippen LogP contribution in [-0.2, 0) is 6.54 Å². The lowest BCUT2D eigenvalue weighted by Crippen LogP contribution is -2.11. The van der Waals surface area contributed by atoms with Gasteiger partial charge in [-0.25, -0.2) is 0 Å². The van der Waals surface area contributed by atoms with E-state index in [9.17, 15) is 0 Å². The predicted molar refractivity (Wildman–Crippen MR) is 43.1 cm³/mol. The summed E-state index contributed by atoms with van der Waals surface area (Å²) in [4.78, 5) is 3.97. The maximum Gasteiger partial charge on any atom is 0.124 e. The Hall–Kier alpha value is -1.42. The summed E-state index contributed by atoms with van der Waals surface area (Å²) in [7, 11) is 0. The van der Waals surface area contributed by atoms with Crippen molar-refractivity contribution >= 4 is 5.84 Å². The van der Waals surface area contributed by atoms with Gasteiger partial charge in [-0.1, -0.05) is 0 Å². The van der Waals surface area contributed by atoms with Crippen molar-refractivity contribution in [1.82, 2.24) is 4.98 Å². The number of nitrogens with two attached hydrogens (primary N) is 2. The van der Waals surface area contributed by atoms with Crippen LogP contribution < -0.4 is 11.5 Å². The second-order valence-corrected chi connectivity index (χ2v) is 2.16. The standard InChI is InChI=1S/C7H10N4/c8-3-6-2-1-5(4-11-6)7(9)10/h1-2,4H,3,8H2,(H3,9,10). The summed E-state index contributed by atoms with van der Waals surface area (Å²) >= 11 is 0. The molecule has 0 radical (unpaired) electrons. The Morgan fingerprint density at radius 2 is 2.27 bits per heavy atom. The smallest absolute Gasteiger partial charge is 0.124 e. The second-order valence-electron chi connectivity index (χ2n) is 2.16. The fourth-order valence-corrected chi connectivity index (χ4v) is 0.705. The zero-order chi connectivity index (χ0) is 8.27. The van der Waals surface area contributed by atoms with Crippen molar-refractivity contribution in [3.8, 4) is 0 Å². The molecular weight excluding hydrogens is 140 g/mol. The van der Waals surface area contributed by atoms with Crippen LogP contribution in [0.25, 0.3) is 0 Å². The van der Waals surface area contributed by atoms with Gasteiger partial charge in [0.2, 0.25) is 0 Å². The monoisotopic (exact) mass is 150 g/mol. The summed E-state index contributed by atoms with van der Waals surface area (Å²) in [5, 5.41) is 7.07. The minimum atomic E-state index is 0.0288. The van der Waals surface area contributed by atoms with Crippen molar-refractivity contribution in [2.45, 2.75) is 6.54 Å². The molecule has 0 atom stereocenters. The number of aromatic nitrogens is 1. The van der Waals surface area contributed by atoms with Crippen molar-refractivity contribution < 1.29 is 0 Å². The molecule has 1 aromatic heterocycles. The highest BCUT2D eigenvalue weighted by Crippen LogP contribution is 1.97. The van der Waals surface area contributed by atoms with Crippen molar-refractivity contribution in [3.05, 3.63) is 29.6 Å². The Bertz CT molecular complexity index is 252. The quantitative estimate of drug-likeness (QED) is 0.403. The molecule has 1 heterocycles. The third kappa shape index (κ3) is 1.75. The zero-order valence-electron chi connectivity index (χ0n) is 6.04. The first-order chi connectivity index (χ1) is 5.24. The van der Waals surface area contributed by atoms with E-state index in [4.69, 9.17) is 16.9 Å². The Morgan fingerprint density at radius 1 is 1.55 bits per heavy atom. The van der Waals surface area contributed by atoms with Crippen molar-refractivity contribution in [1.29, 1.82) is 5.41 Å². The summed E-state index contributed by atoms with van der Waals surface area (Å²) in [5.74, 6) is 0.0288. The third-order valence-electron chi connectivity index (χ3n) is 1.34. The van der Waals surface area contributed by atoms with E-state index in [0.717, 1.165) is 5.69 Å². The van der Waals surface area contributed by atoms with E-state index >= 15 is 0 Å². The predicted octanol–water partition coefficient (Wildman–Crippen LogP) is -0.176. The van der Waals surface area contributed by atoms with Crippen LogP contribution >= 0.6 is 0 Å². The molecule has 0 fully saturated rings. The zero-order valence-corrected chi connectivity index (χ0v) is 6.04. The molecule has 5 N–H and O–H groups in total. The number of nitrogens with one attached hydrogen (secondary N) is 1. The summed E-state index contributed by atoms with van der Waals surface area (Å²) in [6, 6.07) is 3.49. The number of hydrogen-bond donors (Lipinski definition) is 3. The summed E-state index contributed by atoms with van der Waals surface area (Å²) in [6.45, 7) is 0.415. The van der Waals surface area contributed by atoms with Gasteiger partial charge in [-0.2, -0.15) is 0 Å². The topological polar surface area (TPSA) is 88.8 Å². The number of pyridine rings is 1. The molecule has 0 aliphatic rings. The van der Waals surface area contributed by atoms with E-state index < -0.39 is 0 Å². The van der Waals surface area contributed by atoms with Crippen LogP contribution in [0.15, 0.2) is 18.3 Å². The number of nitrogen functional groups attached to an aromatic ring is 1. The van der Waals surface area contributed by atoms with Gasteiger partial charge >= 0.3 is 0 Å². The molecule has 1 rings (SSSR count). The molecule has 0 saturated carbocycles. The average molecular weight is 150 g/mol. The molecule has 58 valence electrons. The Kier molecular flexibility index (Phi) is 2.18. The number of nitrogens with zero attached hydrogens (tertiary/aromatic N) is 1. The van der Waals surface area contributed by atoms with Crippen molar-refractivity contribution in [2.24, 2.45) is 11.5 Å². The van der Waals surface area contributed by atoms with E-state index in [2.05, 4.69) is 4.98 Å². The van der Waals surface area contributed by atoms with Gasteiger partial charge in [0, 0.05) is 18.3 Å². The van der Waals surface area contributed by atoms with Gasteiger partial charge in [-0.3, -0.25) is 10.4 Å². The maximum atomic E-state index is 7.07. The second kappa shape index (κ2) is 3.12. The molecular formula is C7H10N4. The lowest BCUT2D eigenvalue weighted by molar-refractivity contribution is 0.988. The molecule has 0 aliphatic heterocycles. The normalized spacial score (nSPS) is 9.55. The number of amidine groups is 1. The molecule has 0 saturated heterocycles. The molecule has 4 nitrogen and oxygen atoms in total. The minimum Gasteiger partial charge on any atom is -0.384 e. The fourth-order valence-electron chi connectivity index (χ4n) is 0.705. The van der Waals surface area contributed by atoms with Gasteiger partial charge in [0.15, 0.2) is 0 Å². The highest BCUT2D eigenvalue weighted by atomic mass is 14.7. The molecule has 0 spiro atoms. The van der Waals surface area contributed by atoms with Gasteiger partial charge in [0.1, 0.15) is 5.84 Å². The first-order valence-electron chi connectivity index (χ1n) is 3.23. The molecule has 0 aliphatic carbocycles. The van der Waals surface area contributed by atoms with Gasteiger partial charge in [0.05, 0.1) is 5.69 Å². The van der Waals surface area contributed by atoms with Gasteiger partial charge in [-0.15, -0.1) is 0 Å². The summed E-state index contributed by atoms with van der Waals surface area (Å²) in [6.07, 6.45) is 1.55. The van der Waals surface area contributed by atoms with E-state index in [0.29, 0.717) is 12.1 Å². The third-order valence-corrected chi connectivity index (χ3v) is 1.34. The largest absolute Gasteiger partial charge is 0.384 e. The van der Waals surface area contributed by atoms with E-state index in [-0.39, 0.29) is 5.84 Å².